The Balaban J connectivity index is 1.69. The summed E-state index contributed by atoms with van der Waals surface area (Å²) in [6.45, 7) is 5.11. The number of piperidine rings is 1. The predicted octanol–water partition coefficient (Wildman–Crippen LogP) is 1.27. The Bertz CT molecular complexity index is 452. The monoisotopic (exact) mass is 306 g/mol. The molecule has 1 fully saturated rings. The molecule has 122 valence electrons. The van der Waals surface area contributed by atoms with Gasteiger partial charge in [-0.3, -0.25) is 4.79 Å². The lowest BCUT2D eigenvalue weighted by molar-refractivity contribution is -0.119. The van der Waals surface area contributed by atoms with Gasteiger partial charge in [0.05, 0.1) is 0 Å². The Morgan fingerprint density at radius 1 is 1.45 bits per heavy atom. The van der Waals surface area contributed by atoms with Crippen molar-refractivity contribution in [3.63, 3.8) is 0 Å². The first-order valence-electron chi connectivity index (χ1n) is 7.96. The van der Waals surface area contributed by atoms with Crippen LogP contribution >= 0.6 is 0 Å². The summed E-state index contributed by atoms with van der Waals surface area (Å²) in [5.41, 5.74) is 0. The number of benzene rings is 1. The van der Waals surface area contributed by atoms with Gasteiger partial charge in [0.25, 0.3) is 0 Å². The zero-order chi connectivity index (χ0) is 15.8. The number of para-hydroxylation sites is 1. The fraction of sp³-hybridized carbons (Fsp3) is 0.588. The van der Waals surface area contributed by atoms with Gasteiger partial charge in [0.2, 0.25) is 5.91 Å². The highest BCUT2D eigenvalue weighted by Gasteiger charge is 2.22. The van der Waals surface area contributed by atoms with Gasteiger partial charge in [-0.2, -0.15) is 0 Å². The number of β-amino-alcohol motifs (C(OH)–C–C–N with tert-alkyl or cyclic N) is 1. The molecule has 5 nitrogen and oxygen atoms in total. The Morgan fingerprint density at radius 3 is 2.95 bits per heavy atom. The predicted molar refractivity (Wildman–Crippen MR) is 85.8 cm³/mol. The molecule has 5 heteroatoms. The number of hydrogen-bond acceptors (Lipinski definition) is 4. The third kappa shape index (κ3) is 6.03. The van der Waals surface area contributed by atoms with E-state index in [4.69, 9.17) is 4.74 Å². The molecule has 2 rings (SSSR count). The summed E-state index contributed by atoms with van der Waals surface area (Å²) >= 11 is 0. The van der Waals surface area contributed by atoms with Crippen LogP contribution in [0.1, 0.15) is 19.8 Å². The van der Waals surface area contributed by atoms with Crippen molar-refractivity contribution in [2.24, 2.45) is 5.92 Å². The minimum Gasteiger partial charge on any atom is -0.491 e. The number of nitrogens with zero attached hydrogens (tertiary/aromatic N) is 1. The second-order valence-corrected chi connectivity index (χ2v) is 5.98. The van der Waals surface area contributed by atoms with Gasteiger partial charge in [-0.1, -0.05) is 18.2 Å². The molecule has 1 heterocycles. The van der Waals surface area contributed by atoms with E-state index >= 15 is 0 Å². The molecule has 0 radical (unpaired) electrons. The fourth-order valence-electron chi connectivity index (χ4n) is 2.83. The van der Waals surface area contributed by atoms with Crippen molar-refractivity contribution in [2.45, 2.75) is 25.9 Å². The number of carbonyl (C=O) groups is 1. The van der Waals surface area contributed by atoms with Gasteiger partial charge in [-0.05, 0) is 37.4 Å². The normalized spacial score (nSPS) is 20.4. The number of aliphatic hydroxyl groups is 1. The maximum atomic E-state index is 11.0. The number of carbonyl (C=O) groups excluding carboxylic acids is 1. The first kappa shape index (κ1) is 16.8. The van der Waals surface area contributed by atoms with Crippen molar-refractivity contribution in [1.29, 1.82) is 0 Å². The molecule has 22 heavy (non-hydrogen) atoms. The summed E-state index contributed by atoms with van der Waals surface area (Å²) in [7, 11) is 0. The van der Waals surface area contributed by atoms with Gasteiger partial charge < -0.3 is 20.1 Å². The second kappa shape index (κ2) is 8.76. The van der Waals surface area contributed by atoms with Crippen LogP contribution in [0.15, 0.2) is 30.3 Å². The zero-order valence-electron chi connectivity index (χ0n) is 13.2. The Morgan fingerprint density at radius 2 is 2.23 bits per heavy atom. The summed E-state index contributed by atoms with van der Waals surface area (Å²) in [6, 6.07) is 9.54. The van der Waals surface area contributed by atoms with E-state index in [-0.39, 0.29) is 5.91 Å². The topological polar surface area (TPSA) is 61.8 Å². The SMILES string of the molecule is CC(=O)NCC1CCCN(CC(O)COc2ccccc2)C1. The first-order valence-corrected chi connectivity index (χ1v) is 7.96. The third-order valence-electron chi connectivity index (χ3n) is 3.90. The van der Waals surface area contributed by atoms with Gasteiger partial charge in [-0.25, -0.2) is 0 Å². The molecule has 0 saturated carbocycles. The third-order valence-corrected chi connectivity index (χ3v) is 3.90. The van der Waals surface area contributed by atoms with Crippen LogP contribution in [0.2, 0.25) is 0 Å². The van der Waals surface area contributed by atoms with Gasteiger partial charge in [0, 0.05) is 26.6 Å². The van der Waals surface area contributed by atoms with Crippen molar-refractivity contribution in [1.82, 2.24) is 10.2 Å². The largest absolute Gasteiger partial charge is 0.491 e. The molecule has 1 aromatic carbocycles. The highest BCUT2D eigenvalue weighted by molar-refractivity contribution is 5.72. The van der Waals surface area contributed by atoms with E-state index in [0.29, 0.717) is 19.1 Å². The number of rotatable bonds is 7. The zero-order valence-corrected chi connectivity index (χ0v) is 13.2. The van der Waals surface area contributed by atoms with E-state index in [0.717, 1.165) is 38.2 Å². The maximum Gasteiger partial charge on any atom is 0.216 e. The van der Waals surface area contributed by atoms with Crippen molar-refractivity contribution >= 4 is 5.91 Å². The molecule has 0 spiro atoms. The van der Waals surface area contributed by atoms with Crippen molar-refractivity contribution in [3.8, 4) is 5.75 Å². The van der Waals surface area contributed by atoms with Gasteiger partial charge in [0.1, 0.15) is 18.5 Å². The van der Waals surface area contributed by atoms with Crippen molar-refractivity contribution < 1.29 is 14.6 Å². The summed E-state index contributed by atoms with van der Waals surface area (Å²) in [6.07, 6.45) is 1.74. The van der Waals surface area contributed by atoms with Crippen molar-refractivity contribution in [3.05, 3.63) is 30.3 Å². The molecule has 1 aromatic rings. The summed E-state index contributed by atoms with van der Waals surface area (Å²) < 4.78 is 5.58. The standard InChI is InChI=1S/C17H26N2O3/c1-14(20)18-10-15-6-5-9-19(11-15)12-16(21)13-22-17-7-3-2-4-8-17/h2-4,7-8,15-16,21H,5-6,9-13H2,1H3,(H,18,20). The Labute approximate surface area is 132 Å². The highest BCUT2D eigenvalue weighted by atomic mass is 16.5. The molecule has 0 aliphatic carbocycles. The smallest absolute Gasteiger partial charge is 0.216 e. The van der Waals surface area contributed by atoms with E-state index in [1.54, 1.807) is 6.92 Å². The van der Waals surface area contributed by atoms with E-state index in [1.807, 2.05) is 30.3 Å². The van der Waals surface area contributed by atoms with E-state index < -0.39 is 6.10 Å². The number of ether oxygens (including phenoxy) is 1. The quantitative estimate of drug-likeness (QED) is 0.796. The molecule has 1 aliphatic heterocycles. The number of hydrogen-bond donors (Lipinski definition) is 2. The maximum absolute atomic E-state index is 11.0. The fourth-order valence-corrected chi connectivity index (χ4v) is 2.83. The van der Waals surface area contributed by atoms with Crippen LogP contribution < -0.4 is 10.1 Å². The molecule has 2 atom stereocenters. The van der Waals surface area contributed by atoms with Gasteiger partial charge in [-0.15, -0.1) is 0 Å². The van der Waals surface area contributed by atoms with Crippen LogP contribution in [0.4, 0.5) is 0 Å². The average molecular weight is 306 g/mol. The Hall–Kier alpha value is -1.59. The van der Waals surface area contributed by atoms with Crippen LogP contribution in [0.25, 0.3) is 0 Å². The lowest BCUT2D eigenvalue weighted by Crippen LogP contribution is -2.44. The number of nitrogens with one attached hydrogen (secondary N) is 1. The molecular weight excluding hydrogens is 280 g/mol. The molecule has 0 aromatic heterocycles. The second-order valence-electron chi connectivity index (χ2n) is 5.98. The molecule has 1 aliphatic rings. The van der Waals surface area contributed by atoms with E-state index in [2.05, 4.69) is 10.2 Å². The molecule has 2 unspecified atom stereocenters. The number of aliphatic hydroxyl groups excluding tert-OH is 1. The Kier molecular flexibility index (Phi) is 6.68. The summed E-state index contributed by atoms with van der Waals surface area (Å²) in [4.78, 5) is 13.2. The van der Waals surface area contributed by atoms with E-state index in [1.165, 1.54) is 0 Å². The van der Waals surface area contributed by atoms with Crippen LogP contribution in [0.5, 0.6) is 5.75 Å². The number of amides is 1. The minimum atomic E-state index is -0.500. The molecule has 2 N–H and O–H groups in total. The molecule has 1 saturated heterocycles. The van der Waals surface area contributed by atoms with Gasteiger partial charge in [0.15, 0.2) is 0 Å². The molecular formula is C17H26N2O3. The first-order chi connectivity index (χ1) is 10.6. The van der Waals surface area contributed by atoms with Crippen molar-refractivity contribution in [2.75, 3.05) is 32.8 Å². The summed E-state index contributed by atoms with van der Waals surface area (Å²) in [5.74, 6) is 1.28. The minimum absolute atomic E-state index is 0.0217. The lowest BCUT2D eigenvalue weighted by atomic mass is 9.97. The van der Waals surface area contributed by atoms with Crippen LogP contribution in [0.3, 0.4) is 0 Å². The number of likely N-dealkylation sites (tertiary alicyclic amines) is 1. The van der Waals surface area contributed by atoms with Crippen LogP contribution in [-0.4, -0.2) is 54.8 Å². The lowest BCUT2D eigenvalue weighted by Gasteiger charge is -2.33. The van der Waals surface area contributed by atoms with E-state index in [9.17, 15) is 9.90 Å². The van der Waals surface area contributed by atoms with Crippen LogP contribution in [-0.2, 0) is 4.79 Å². The van der Waals surface area contributed by atoms with Crippen LogP contribution in [0, 0.1) is 5.92 Å². The molecule has 1 amide bonds. The highest BCUT2D eigenvalue weighted by Crippen LogP contribution is 2.16. The molecule has 0 bridgehead atoms. The summed E-state index contributed by atoms with van der Waals surface area (Å²) in [5, 5.41) is 13.0. The average Bonchev–Trinajstić information content (AvgIpc) is 2.52. The van der Waals surface area contributed by atoms with Gasteiger partial charge >= 0.3 is 0 Å².